The molecule has 0 unspecified atom stereocenters. The molecule has 1 aliphatic heterocycles. The van der Waals surface area contributed by atoms with Gasteiger partial charge >= 0.3 is 0 Å². The number of carbonyl (C=O) groups excluding carboxylic acids is 1. The number of amides is 1. The lowest BCUT2D eigenvalue weighted by atomic mass is 9.99. The Balaban J connectivity index is 1.93. The molecule has 0 aliphatic carbocycles. The van der Waals surface area contributed by atoms with Gasteiger partial charge < -0.3 is 10.6 Å². The van der Waals surface area contributed by atoms with Crippen LogP contribution >= 0.6 is 11.6 Å². The standard InChI is InChI=1S/C11H14ClN3O/c12-10-4-3-9(7-14-10)15-11(16)8-2-1-5-13-6-8/h3-4,7-8,13H,1-2,5-6H2,(H,15,16)/t8-/m1/s1. The monoisotopic (exact) mass is 239 g/mol. The lowest BCUT2D eigenvalue weighted by Gasteiger charge is -2.21. The first-order valence-corrected chi connectivity index (χ1v) is 5.76. The fourth-order valence-electron chi connectivity index (χ4n) is 1.77. The molecular formula is C11H14ClN3O. The van der Waals surface area contributed by atoms with E-state index in [1.807, 2.05) is 0 Å². The lowest BCUT2D eigenvalue weighted by molar-refractivity contribution is -0.120. The topological polar surface area (TPSA) is 54.0 Å². The Labute approximate surface area is 99.4 Å². The maximum Gasteiger partial charge on any atom is 0.228 e. The molecule has 1 atom stereocenters. The Morgan fingerprint density at radius 3 is 3.06 bits per heavy atom. The van der Waals surface area contributed by atoms with Crippen LogP contribution in [0.2, 0.25) is 5.15 Å². The van der Waals surface area contributed by atoms with Gasteiger partial charge in [0.15, 0.2) is 0 Å². The zero-order chi connectivity index (χ0) is 11.4. The molecule has 16 heavy (non-hydrogen) atoms. The number of carbonyl (C=O) groups is 1. The Hall–Kier alpha value is -1.13. The highest BCUT2D eigenvalue weighted by molar-refractivity contribution is 6.29. The second-order valence-corrected chi connectivity index (χ2v) is 4.29. The minimum Gasteiger partial charge on any atom is -0.324 e. The Kier molecular flexibility index (Phi) is 3.74. The maximum atomic E-state index is 11.8. The van der Waals surface area contributed by atoms with Crippen LogP contribution in [-0.2, 0) is 4.79 Å². The molecule has 2 heterocycles. The SMILES string of the molecule is O=C(Nc1ccc(Cl)nc1)[C@@H]1CCCNC1. The van der Waals surface area contributed by atoms with E-state index in [0.29, 0.717) is 10.8 Å². The molecule has 0 spiro atoms. The average Bonchev–Trinajstić information content (AvgIpc) is 2.33. The third-order valence-electron chi connectivity index (χ3n) is 2.66. The third kappa shape index (κ3) is 2.93. The predicted molar refractivity (Wildman–Crippen MR) is 63.5 cm³/mol. The van der Waals surface area contributed by atoms with Crippen LogP contribution in [0.25, 0.3) is 0 Å². The summed E-state index contributed by atoms with van der Waals surface area (Å²) in [6, 6.07) is 3.42. The molecule has 1 fully saturated rings. The van der Waals surface area contributed by atoms with Crippen LogP contribution < -0.4 is 10.6 Å². The number of rotatable bonds is 2. The molecule has 2 rings (SSSR count). The maximum absolute atomic E-state index is 11.8. The van der Waals surface area contributed by atoms with Gasteiger partial charge in [-0.05, 0) is 31.5 Å². The highest BCUT2D eigenvalue weighted by Crippen LogP contribution is 2.14. The number of pyridine rings is 1. The third-order valence-corrected chi connectivity index (χ3v) is 2.89. The highest BCUT2D eigenvalue weighted by atomic mass is 35.5. The molecule has 0 bridgehead atoms. The smallest absolute Gasteiger partial charge is 0.228 e. The van der Waals surface area contributed by atoms with Crippen molar-refractivity contribution in [1.82, 2.24) is 10.3 Å². The van der Waals surface area contributed by atoms with E-state index in [1.165, 1.54) is 0 Å². The van der Waals surface area contributed by atoms with Gasteiger partial charge in [-0.3, -0.25) is 4.79 Å². The lowest BCUT2D eigenvalue weighted by Crippen LogP contribution is -2.37. The minimum atomic E-state index is 0.0522. The van der Waals surface area contributed by atoms with E-state index >= 15 is 0 Å². The molecule has 86 valence electrons. The molecule has 1 aromatic heterocycles. The van der Waals surface area contributed by atoms with Crippen LogP contribution in [0.5, 0.6) is 0 Å². The number of hydrogen-bond acceptors (Lipinski definition) is 3. The first kappa shape index (κ1) is 11.4. The average molecular weight is 240 g/mol. The van der Waals surface area contributed by atoms with E-state index in [0.717, 1.165) is 25.9 Å². The summed E-state index contributed by atoms with van der Waals surface area (Å²) in [7, 11) is 0. The van der Waals surface area contributed by atoms with Crippen LogP contribution in [-0.4, -0.2) is 24.0 Å². The van der Waals surface area contributed by atoms with Gasteiger partial charge in [-0.25, -0.2) is 4.98 Å². The van der Waals surface area contributed by atoms with Gasteiger partial charge in [0.1, 0.15) is 5.15 Å². The second-order valence-electron chi connectivity index (χ2n) is 3.90. The van der Waals surface area contributed by atoms with Crippen molar-refractivity contribution < 1.29 is 4.79 Å². The van der Waals surface area contributed by atoms with E-state index in [-0.39, 0.29) is 11.8 Å². The van der Waals surface area contributed by atoms with Crippen molar-refractivity contribution in [3.63, 3.8) is 0 Å². The summed E-state index contributed by atoms with van der Waals surface area (Å²) in [4.78, 5) is 15.8. The summed E-state index contributed by atoms with van der Waals surface area (Å²) in [6.45, 7) is 1.76. The molecule has 0 radical (unpaired) electrons. The molecule has 2 N–H and O–H groups in total. The van der Waals surface area contributed by atoms with E-state index in [4.69, 9.17) is 11.6 Å². The van der Waals surface area contributed by atoms with Gasteiger partial charge in [0.25, 0.3) is 0 Å². The molecule has 1 aliphatic rings. The summed E-state index contributed by atoms with van der Waals surface area (Å²) in [5, 5.41) is 6.48. The molecule has 1 amide bonds. The number of halogens is 1. The predicted octanol–water partition coefficient (Wildman–Crippen LogP) is 1.67. The number of aromatic nitrogens is 1. The zero-order valence-corrected chi connectivity index (χ0v) is 9.63. The number of nitrogens with zero attached hydrogens (tertiary/aromatic N) is 1. The van der Waals surface area contributed by atoms with Crippen LogP contribution in [0.1, 0.15) is 12.8 Å². The normalized spacial score (nSPS) is 20.4. The Morgan fingerprint density at radius 1 is 1.56 bits per heavy atom. The molecule has 5 heteroatoms. The van der Waals surface area contributed by atoms with E-state index in [1.54, 1.807) is 18.3 Å². The van der Waals surface area contributed by atoms with E-state index in [9.17, 15) is 4.79 Å². The first-order valence-electron chi connectivity index (χ1n) is 5.39. The summed E-state index contributed by atoms with van der Waals surface area (Å²) in [5.74, 6) is 0.112. The molecule has 0 aromatic carbocycles. The van der Waals surface area contributed by atoms with Gasteiger partial charge in [0, 0.05) is 6.54 Å². The molecule has 1 saturated heterocycles. The van der Waals surface area contributed by atoms with Gasteiger partial charge in [-0.1, -0.05) is 11.6 Å². The first-order chi connectivity index (χ1) is 7.75. The van der Waals surface area contributed by atoms with Crippen LogP contribution in [0.3, 0.4) is 0 Å². The summed E-state index contributed by atoms with van der Waals surface area (Å²) in [5.41, 5.74) is 0.694. The van der Waals surface area contributed by atoms with Crippen molar-refractivity contribution in [3.05, 3.63) is 23.5 Å². The van der Waals surface area contributed by atoms with Gasteiger partial charge in [-0.2, -0.15) is 0 Å². The van der Waals surface area contributed by atoms with Gasteiger partial charge in [0.2, 0.25) is 5.91 Å². The van der Waals surface area contributed by atoms with Gasteiger partial charge in [0.05, 0.1) is 17.8 Å². The fourth-order valence-corrected chi connectivity index (χ4v) is 1.88. The zero-order valence-electron chi connectivity index (χ0n) is 8.87. The van der Waals surface area contributed by atoms with Crippen molar-refractivity contribution in [2.45, 2.75) is 12.8 Å². The second kappa shape index (κ2) is 5.27. The number of hydrogen-bond donors (Lipinski definition) is 2. The largest absolute Gasteiger partial charge is 0.324 e. The van der Waals surface area contributed by atoms with E-state index < -0.39 is 0 Å². The molecular weight excluding hydrogens is 226 g/mol. The number of piperidine rings is 1. The minimum absolute atomic E-state index is 0.0522. The molecule has 4 nitrogen and oxygen atoms in total. The van der Waals surface area contributed by atoms with Crippen LogP contribution in [0.4, 0.5) is 5.69 Å². The van der Waals surface area contributed by atoms with Crippen molar-refractivity contribution in [2.75, 3.05) is 18.4 Å². The van der Waals surface area contributed by atoms with Crippen LogP contribution in [0, 0.1) is 5.92 Å². The Morgan fingerprint density at radius 2 is 2.44 bits per heavy atom. The van der Waals surface area contributed by atoms with Crippen molar-refractivity contribution in [1.29, 1.82) is 0 Å². The fraction of sp³-hybridized carbons (Fsp3) is 0.455. The number of nitrogens with one attached hydrogen (secondary N) is 2. The van der Waals surface area contributed by atoms with Crippen molar-refractivity contribution in [2.24, 2.45) is 5.92 Å². The summed E-state index contributed by atoms with van der Waals surface area (Å²) in [6.07, 6.45) is 3.56. The van der Waals surface area contributed by atoms with Gasteiger partial charge in [-0.15, -0.1) is 0 Å². The quantitative estimate of drug-likeness (QED) is 0.772. The van der Waals surface area contributed by atoms with Crippen molar-refractivity contribution >= 4 is 23.2 Å². The Bertz CT molecular complexity index is 360. The molecule has 0 saturated carbocycles. The highest BCUT2D eigenvalue weighted by Gasteiger charge is 2.20. The van der Waals surface area contributed by atoms with E-state index in [2.05, 4.69) is 15.6 Å². The van der Waals surface area contributed by atoms with Crippen molar-refractivity contribution in [3.8, 4) is 0 Å². The van der Waals surface area contributed by atoms with Crippen LogP contribution in [0.15, 0.2) is 18.3 Å². The summed E-state index contributed by atoms with van der Waals surface area (Å²) < 4.78 is 0. The molecule has 1 aromatic rings. The number of anilines is 1. The summed E-state index contributed by atoms with van der Waals surface area (Å²) >= 11 is 5.66.